The summed E-state index contributed by atoms with van der Waals surface area (Å²) in [4.78, 5) is 14.4. The molecule has 2 aromatic carbocycles. The maximum absolute atomic E-state index is 14.1. The highest BCUT2D eigenvalue weighted by Gasteiger charge is 2.36. The van der Waals surface area contributed by atoms with Gasteiger partial charge in [-0.15, -0.1) is 12.4 Å². The highest BCUT2D eigenvalue weighted by atomic mass is 35.5. The molecule has 1 aliphatic rings. The number of rotatable bonds is 3. The first-order valence-corrected chi connectivity index (χ1v) is 7.90. The summed E-state index contributed by atoms with van der Waals surface area (Å²) in [7, 11) is 0. The van der Waals surface area contributed by atoms with Gasteiger partial charge in [0.2, 0.25) is 0 Å². The van der Waals surface area contributed by atoms with E-state index in [4.69, 9.17) is 5.73 Å². The van der Waals surface area contributed by atoms with Crippen molar-refractivity contribution in [1.82, 2.24) is 4.90 Å². The molecule has 0 bridgehead atoms. The van der Waals surface area contributed by atoms with Gasteiger partial charge in [-0.05, 0) is 42.6 Å². The van der Waals surface area contributed by atoms with Gasteiger partial charge in [-0.25, -0.2) is 4.39 Å². The molecule has 0 spiro atoms. The van der Waals surface area contributed by atoms with Crippen LogP contribution in [0.3, 0.4) is 0 Å². The number of aryl methyl sites for hydroxylation is 1. The third-order valence-electron chi connectivity index (χ3n) is 4.61. The fraction of sp³-hybridized carbons (Fsp3) is 0.316. The van der Waals surface area contributed by atoms with E-state index in [0.29, 0.717) is 19.6 Å². The molecule has 24 heavy (non-hydrogen) atoms. The molecular formula is C19H22ClFN2O. The van der Waals surface area contributed by atoms with Gasteiger partial charge < -0.3 is 10.6 Å². The zero-order valence-corrected chi connectivity index (χ0v) is 14.4. The minimum Gasteiger partial charge on any atom is -0.338 e. The Bertz CT molecular complexity index is 708. The van der Waals surface area contributed by atoms with Gasteiger partial charge in [0.15, 0.2) is 0 Å². The summed E-state index contributed by atoms with van der Waals surface area (Å²) < 4.78 is 14.1. The molecule has 128 valence electrons. The van der Waals surface area contributed by atoms with E-state index in [1.165, 1.54) is 11.6 Å². The molecule has 0 aromatic heterocycles. The lowest BCUT2D eigenvalue weighted by molar-refractivity contribution is 0.0782. The summed E-state index contributed by atoms with van der Waals surface area (Å²) in [5.41, 5.74) is 8.03. The Morgan fingerprint density at radius 1 is 1.21 bits per heavy atom. The van der Waals surface area contributed by atoms with Gasteiger partial charge in [-0.2, -0.15) is 0 Å². The molecule has 2 N–H and O–H groups in total. The van der Waals surface area contributed by atoms with Crippen LogP contribution in [-0.2, 0) is 0 Å². The van der Waals surface area contributed by atoms with Crippen LogP contribution in [0.5, 0.6) is 0 Å². The van der Waals surface area contributed by atoms with E-state index < -0.39 is 5.82 Å². The minimum absolute atomic E-state index is 0. The van der Waals surface area contributed by atoms with Crippen LogP contribution >= 0.6 is 12.4 Å². The van der Waals surface area contributed by atoms with E-state index >= 15 is 0 Å². The molecule has 1 heterocycles. The fourth-order valence-electron chi connectivity index (χ4n) is 3.32. The summed E-state index contributed by atoms with van der Waals surface area (Å²) >= 11 is 0. The third kappa shape index (κ3) is 3.60. The highest BCUT2D eigenvalue weighted by molar-refractivity contribution is 5.94. The molecule has 3 nitrogen and oxygen atoms in total. The number of carbonyl (C=O) groups excluding carboxylic acids is 1. The lowest BCUT2D eigenvalue weighted by atomic mass is 9.89. The number of likely N-dealkylation sites (tertiary alicyclic amines) is 1. The van der Waals surface area contributed by atoms with Crippen LogP contribution in [0.2, 0.25) is 0 Å². The number of carbonyl (C=O) groups is 1. The zero-order chi connectivity index (χ0) is 16.4. The molecule has 3 rings (SSSR count). The Kier molecular flexibility index (Phi) is 5.97. The summed E-state index contributed by atoms with van der Waals surface area (Å²) in [6.07, 6.45) is 0. The summed E-state index contributed by atoms with van der Waals surface area (Å²) in [5.74, 6) is -0.296. The van der Waals surface area contributed by atoms with Gasteiger partial charge in [-0.1, -0.05) is 36.4 Å². The van der Waals surface area contributed by atoms with E-state index in [-0.39, 0.29) is 35.7 Å². The van der Waals surface area contributed by atoms with Gasteiger partial charge in [0.1, 0.15) is 5.82 Å². The van der Waals surface area contributed by atoms with Crippen molar-refractivity contribution in [3.05, 3.63) is 71.0 Å². The summed E-state index contributed by atoms with van der Waals surface area (Å²) in [5, 5.41) is 0. The second kappa shape index (κ2) is 7.77. The first-order chi connectivity index (χ1) is 11.1. The summed E-state index contributed by atoms with van der Waals surface area (Å²) in [6, 6.07) is 14.8. The molecule has 5 heteroatoms. The van der Waals surface area contributed by atoms with Crippen LogP contribution in [0.15, 0.2) is 48.5 Å². The minimum atomic E-state index is -0.456. The molecule has 0 unspecified atom stereocenters. The van der Waals surface area contributed by atoms with Crippen molar-refractivity contribution in [3.8, 4) is 0 Å². The van der Waals surface area contributed by atoms with Gasteiger partial charge in [0.05, 0.1) is 5.56 Å². The Morgan fingerprint density at radius 2 is 1.92 bits per heavy atom. The quantitative estimate of drug-likeness (QED) is 0.924. The predicted octanol–water partition coefficient (Wildman–Crippen LogP) is 3.37. The maximum Gasteiger partial charge on any atom is 0.256 e. The van der Waals surface area contributed by atoms with Crippen molar-refractivity contribution < 1.29 is 9.18 Å². The zero-order valence-electron chi connectivity index (χ0n) is 13.6. The molecule has 2 aromatic rings. The lowest BCUT2D eigenvalue weighted by Gasteiger charge is -2.17. The normalized spacial score (nSPS) is 19.9. The predicted molar refractivity (Wildman–Crippen MR) is 96.0 cm³/mol. The largest absolute Gasteiger partial charge is 0.338 e. The summed E-state index contributed by atoms with van der Waals surface area (Å²) in [6.45, 7) is 3.48. The number of hydrogen-bond acceptors (Lipinski definition) is 2. The third-order valence-corrected chi connectivity index (χ3v) is 4.61. The van der Waals surface area contributed by atoms with E-state index in [2.05, 4.69) is 12.1 Å². The monoisotopic (exact) mass is 348 g/mol. The molecule has 1 aliphatic heterocycles. The van der Waals surface area contributed by atoms with Crippen LogP contribution in [0.1, 0.15) is 27.4 Å². The average Bonchev–Trinajstić information content (AvgIpc) is 2.99. The van der Waals surface area contributed by atoms with Crippen LogP contribution in [0, 0.1) is 18.7 Å². The topological polar surface area (TPSA) is 46.3 Å². The molecule has 2 atom stereocenters. The van der Waals surface area contributed by atoms with Gasteiger partial charge in [0.25, 0.3) is 5.91 Å². The second-order valence-electron chi connectivity index (χ2n) is 6.21. The molecular weight excluding hydrogens is 327 g/mol. The van der Waals surface area contributed by atoms with Gasteiger partial charge in [0, 0.05) is 19.0 Å². The van der Waals surface area contributed by atoms with E-state index in [1.807, 2.05) is 25.1 Å². The van der Waals surface area contributed by atoms with Crippen LogP contribution in [0.4, 0.5) is 4.39 Å². The Hall–Kier alpha value is -1.91. The SMILES string of the molecule is Cc1ccc(C(=O)N2C[C@@H](CN)[C@H](c3ccccc3)C2)c(F)c1.Cl. The second-order valence-corrected chi connectivity index (χ2v) is 6.21. The highest BCUT2D eigenvalue weighted by Crippen LogP contribution is 2.33. The van der Waals surface area contributed by atoms with Crippen molar-refractivity contribution in [2.45, 2.75) is 12.8 Å². The van der Waals surface area contributed by atoms with Gasteiger partial charge >= 0.3 is 0 Å². The van der Waals surface area contributed by atoms with Crippen molar-refractivity contribution in [1.29, 1.82) is 0 Å². The van der Waals surface area contributed by atoms with E-state index in [9.17, 15) is 9.18 Å². The molecule has 0 saturated carbocycles. The smallest absolute Gasteiger partial charge is 0.256 e. The van der Waals surface area contributed by atoms with Crippen LogP contribution < -0.4 is 5.73 Å². The Balaban J connectivity index is 0.00000208. The van der Waals surface area contributed by atoms with Crippen molar-refractivity contribution in [3.63, 3.8) is 0 Å². The lowest BCUT2D eigenvalue weighted by Crippen LogP contribution is -2.30. The fourth-order valence-corrected chi connectivity index (χ4v) is 3.32. The van der Waals surface area contributed by atoms with E-state index in [0.717, 1.165) is 5.56 Å². The number of amides is 1. The number of benzene rings is 2. The van der Waals surface area contributed by atoms with Crippen LogP contribution in [-0.4, -0.2) is 30.4 Å². The van der Waals surface area contributed by atoms with Gasteiger partial charge in [-0.3, -0.25) is 4.79 Å². The molecule has 1 amide bonds. The Labute approximate surface area is 148 Å². The van der Waals surface area contributed by atoms with E-state index in [1.54, 1.807) is 17.0 Å². The van der Waals surface area contributed by atoms with Crippen LogP contribution in [0.25, 0.3) is 0 Å². The molecule has 0 aliphatic carbocycles. The van der Waals surface area contributed by atoms with Crippen molar-refractivity contribution in [2.24, 2.45) is 11.7 Å². The number of halogens is 2. The first kappa shape index (κ1) is 18.4. The number of nitrogens with zero attached hydrogens (tertiary/aromatic N) is 1. The average molecular weight is 349 g/mol. The van der Waals surface area contributed by atoms with Crippen molar-refractivity contribution in [2.75, 3.05) is 19.6 Å². The van der Waals surface area contributed by atoms with Crippen molar-refractivity contribution >= 4 is 18.3 Å². The standard InChI is InChI=1S/C19H21FN2O.ClH/c1-13-7-8-16(18(20)9-13)19(23)22-11-15(10-21)17(12-22)14-5-3-2-4-6-14;/h2-9,15,17H,10-12,21H2,1H3;1H/t15-,17+;/m1./s1. The number of nitrogens with two attached hydrogens (primary N) is 1. The maximum atomic E-state index is 14.1. The Morgan fingerprint density at radius 3 is 2.54 bits per heavy atom. The molecule has 0 radical (unpaired) electrons. The molecule has 1 fully saturated rings. The first-order valence-electron chi connectivity index (χ1n) is 7.90. The molecule has 1 saturated heterocycles. The number of hydrogen-bond donors (Lipinski definition) is 1.